The molecule has 0 spiro atoms. The Kier molecular flexibility index (Phi) is 7.77. The van der Waals surface area contributed by atoms with Crippen LogP contribution in [0.1, 0.15) is 53.1 Å². The van der Waals surface area contributed by atoms with Crippen molar-refractivity contribution in [2.75, 3.05) is 31.4 Å². The molecule has 1 atom stereocenters. The number of nitrogens with zero attached hydrogens (tertiary/aromatic N) is 2. The van der Waals surface area contributed by atoms with Gasteiger partial charge in [-0.3, -0.25) is 9.59 Å². The number of anilines is 1. The van der Waals surface area contributed by atoms with Gasteiger partial charge in [-0.25, -0.2) is 8.42 Å². The molecule has 1 aliphatic rings. The molecule has 0 unspecified atom stereocenters. The lowest BCUT2D eigenvalue weighted by Gasteiger charge is -2.35. The third kappa shape index (κ3) is 5.16. The Morgan fingerprint density at radius 1 is 1.22 bits per heavy atom. The molecule has 1 aliphatic heterocycles. The molecule has 3 aromatic rings. The first-order valence-corrected chi connectivity index (χ1v) is 14.1. The third-order valence-electron chi connectivity index (χ3n) is 7.49. The van der Waals surface area contributed by atoms with E-state index in [0.29, 0.717) is 42.7 Å². The SMILES string of the molecule is CNc1cc(C)[nH]c(=O)c1CNC(=O)c1c(C)n([C@H](C)C2CCN(S(=O)(=O)CO)CC2)c2ccccc12. The maximum absolute atomic E-state index is 13.5. The number of piperidine rings is 1. The fourth-order valence-corrected chi connectivity index (χ4v) is 6.43. The number of aryl methyl sites for hydroxylation is 1. The van der Waals surface area contributed by atoms with Gasteiger partial charge >= 0.3 is 0 Å². The minimum absolute atomic E-state index is 0.0290. The number of hydrogen-bond donors (Lipinski definition) is 4. The molecular formula is C26H35N5O5S. The summed E-state index contributed by atoms with van der Waals surface area (Å²) >= 11 is 0. The number of rotatable bonds is 8. The molecule has 4 N–H and O–H groups in total. The van der Waals surface area contributed by atoms with Crippen molar-refractivity contribution in [1.29, 1.82) is 0 Å². The van der Waals surface area contributed by atoms with Gasteiger partial charge in [0.15, 0.2) is 5.94 Å². The minimum Gasteiger partial charge on any atom is -0.388 e. The van der Waals surface area contributed by atoms with Crippen LogP contribution < -0.4 is 16.2 Å². The van der Waals surface area contributed by atoms with Crippen molar-refractivity contribution in [3.63, 3.8) is 0 Å². The highest BCUT2D eigenvalue weighted by atomic mass is 32.2. The van der Waals surface area contributed by atoms with Crippen LogP contribution in [0.5, 0.6) is 0 Å². The van der Waals surface area contributed by atoms with E-state index in [0.717, 1.165) is 22.3 Å². The second-order valence-electron chi connectivity index (χ2n) is 9.67. The van der Waals surface area contributed by atoms with Crippen LogP contribution in [-0.4, -0.2) is 59.4 Å². The summed E-state index contributed by atoms with van der Waals surface area (Å²) < 4.78 is 27.6. The highest BCUT2D eigenvalue weighted by Gasteiger charge is 2.32. The van der Waals surface area contributed by atoms with E-state index >= 15 is 0 Å². The smallest absolute Gasteiger partial charge is 0.255 e. The van der Waals surface area contributed by atoms with E-state index in [1.54, 1.807) is 14.0 Å². The second-order valence-corrected chi connectivity index (χ2v) is 11.6. The van der Waals surface area contributed by atoms with Crippen LogP contribution in [0.15, 0.2) is 35.1 Å². The van der Waals surface area contributed by atoms with Crippen LogP contribution >= 0.6 is 0 Å². The Morgan fingerprint density at radius 2 is 1.89 bits per heavy atom. The summed E-state index contributed by atoms with van der Waals surface area (Å²) in [7, 11) is -1.89. The Balaban J connectivity index is 1.61. The summed E-state index contributed by atoms with van der Waals surface area (Å²) in [6.07, 6.45) is 1.33. The molecule has 37 heavy (non-hydrogen) atoms. The largest absolute Gasteiger partial charge is 0.388 e. The zero-order valence-electron chi connectivity index (χ0n) is 21.7. The average Bonchev–Trinajstić information content (AvgIpc) is 3.18. The first-order chi connectivity index (χ1) is 17.6. The summed E-state index contributed by atoms with van der Waals surface area (Å²) in [5.74, 6) is -0.928. The van der Waals surface area contributed by atoms with Crippen molar-refractivity contribution < 1.29 is 18.3 Å². The number of hydrogen-bond acceptors (Lipinski definition) is 6. The minimum atomic E-state index is -3.62. The predicted molar refractivity (Wildman–Crippen MR) is 144 cm³/mol. The summed E-state index contributed by atoms with van der Waals surface area (Å²) in [6.45, 7) is 6.64. The van der Waals surface area contributed by atoms with E-state index in [4.69, 9.17) is 0 Å². The Morgan fingerprint density at radius 3 is 2.54 bits per heavy atom. The van der Waals surface area contributed by atoms with Gasteiger partial charge in [0.2, 0.25) is 10.0 Å². The van der Waals surface area contributed by atoms with Crippen molar-refractivity contribution in [2.24, 2.45) is 5.92 Å². The quantitative estimate of drug-likeness (QED) is 0.354. The van der Waals surface area contributed by atoms with Crippen LogP contribution in [0.3, 0.4) is 0 Å². The van der Waals surface area contributed by atoms with E-state index in [1.165, 1.54) is 4.31 Å². The molecule has 10 nitrogen and oxygen atoms in total. The first-order valence-electron chi connectivity index (χ1n) is 12.5. The number of aliphatic hydroxyl groups is 1. The standard InChI is InChI=1S/C26H35N5O5S/c1-16-13-22(27-4)21(25(33)29-16)14-28-26(34)24-18(3)31(23-8-6-5-7-20(23)24)17(2)19-9-11-30(12-10-19)37(35,36)15-32/h5-8,13,17,19,32H,9-12,14-15H2,1-4H3,(H,28,34)(H2,27,29,33)/t17-/m1/s1. The summed E-state index contributed by atoms with van der Waals surface area (Å²) in [5.41, 5.74) is 3.95. The van der Waals surface area contributed by atoms with Gasteiger partial charge in [-0.2, -0.15) is 4.31 Å². The normalized spacial score (nSPS) is 16.1. The van der Waals surface area contributed by atoms with Crippen LogP contribution in [0.25, 0.3) is 10.9 Å². The summed E-state index contributed by atoms with van der Waals surface area (Å²) in [5, 5.41) is 16.0. The zero-order valence-corrected chi connectivity index (χ0v) is 22.5. The second kappa shape index (κ2) is 10.7. The van der Waals surface area contributed by atoms with Crippen molar-refractivity contribution in [1.82, 2.24) is 19.2 Å². The Hall–Kier alpha value is -3.15. The number of para-hydroxylation sites is 1. The third-order valence-corrected chi connectivity index (χ3v) is 8.97. The van der Waals surface area contributed by atoms with E-state index < -0.39 is 16.0 Å². The van der Waals surface area contributed by atoms with Gasteiger partial charge in [-0.05, 0) is 51.7 Å². The lowest BCUT2D eigenvalue weighted by atomic mass is 9.91. The van der Waals surface area contributed by atoms with Crippen molar-refractivity contribution in [2.45, 2.75) is 46.2 Å². The molecule has 0 saturated carbocycles. The van der Waals surface area contributed by atoms with Gasteiger partial charge in [-0.1, -0.05) is 18.2 Å². The van der Waals surface area contributed by atoms with Crippen molar-refractivity contribution >= 4 is 32.5 Å². The molecule has 0 radical (unpaired) electrons. The van der Waals surface area contributed by atoms with Crippen molar-refractivity contribution in [3.8, 4) is 0 Å². The number of carbonyl (C=O) groups excluding carboxylic acids is 1. The van der Waals surface area contributed by atoms with Gasteiger partial charge in [0.1, 0.15) is 0 Å². The van der Waals surface area contributed by atoms with Gasteiger partial charge < -0.3 is 25.3 Å². The van der Waals surface area contributed by atoms with Crippen molar-refractivity contribution in [3.05, 3.63) is 63.2 Å². The zero-order chi connectivity index (χ0) is 26.9. The number of aliphatic hydroxyl groups excluding tert-OH is 1. The lowest BCUT2D eigenvalue weighted by molar-refractivity contribution is 0.0951. The number of amides is 1. The predicted octanol–water partition coefficient (Wildman–Crippen LogP) is 2.47. The summed E-state index contributed by atoms with van der Waals surface area (Å²) in [4.78, 5) is 28.8. The molecule has 4 rings (SSSR count). The van der Waals surface area contributed by atoms with Gasteiger partial charge in [0.25, 0.3) is 11.5 Å². The van der Waals surface area contributed by atoms with Crippen LogP contribution in [0.2, 0.25) is 0 Å². The number of H-pyrrole nitrogens is 1. The Bertz CT molecular complexity index is 1470. The maximum Gasteiger partial charge on any atom is 0.255 e. The molecule has 1 aromatic carbocycles. The van der Waals surface area contributed by atoms with Crippen LogP contribution in [0, 0.1) is 19.8 Å². The van der Waals surface area contributed by atoms with E-state index in [9.17, 15) is 23.1 Å². The number of aromatic nitrogens is 2. The number of sulfonamides is 1. The number of fused-ring (bicyclic) bond motifs is 1. The summed E-state index contributed by atoms with van der Waals surface area (Å²) in [6, 6.07) is 9.61. The number of carbonyl (C=O) groups is 1. The molecule has 2 aromatic heterocycles. The lowest BCUT2D eigenvalue weighted by Crippen LogP contribution is -2.41. The van der Waals surface area contributed by atoms with E-state index in [1.807, 2.05) is 37.3 Å². The first kappa shape index (κ1) is 26.9. The molecule has 1 amide bonds. The topological polar surface area (TPSA) is 137 Å². The molecule has 11 heteroatoms. The maximum atomic E-state index is 13.5. The molecule has 200 valence electrons. The fraction of sp³-hybridized carbons (Fsp3) is 0.462. The number of aromatic amines is 1. The van der Waals surface area contributed by atoms with Gasteiger partial charge in [0.05, 0.1) is 17.7 Å². The average molecular weight is 530 g/mol. The molecule has 1 fully saturated rings. The Labute approximate surface area is 216 Å². The number of pyridine rings is 1. The highest BCUT2D eigenvalue weighted by molar-refractivity contribution is 7.88. The van der Waals surface area contributed by atoms with Crippen LogP contribution in [0.4, 0.5) is 5.69 Å². The molecule has 3 heterocycles. The number of nitrogens with one attached hydrogen (secondary N) is 3. The van der Waals surface area contributed by atoms with Gasteiger partial charge in [-0.15, -0.1) is 0 Å². The number of benzene rings is 1. The van der Waals surface area contributed by atoms with E-state index in [2.05, 4.69) is 27.1 Å². The highest BCUT2D eigenvalue weighted by Crippen LogP contribution is 2.36. The molecule has 0 bridgehead atoms. The van der Waals surface area contributed by atoms with E-state index in [-0.39, 0.29) is 30.0 Å². The monoisotopic (exact) mass is 529 g/mol. The van der Waals surface area contributed by atoms with Crippen LogP contribution in [-0.2, 0) is 16.6 Å². The molecule has 1 saturated heterocycles. The fourth-order valence-electron chi connectivity index (χ4n) is 5.50. The molecular weight excluding hydrogens is 494 g/mol. The van der Waals surface area contributed by atoms with Gasteiger partial charge in [0, 0.05) is 54.2 Å². The molecule has 0 aliphatic carbocycles.